The first-order chi connectivity index (χ1) is 9.72. The third-order valence-corrected chi connectivity index (χ3v) is 4.01. The monoisotopic (exact) mass is 270 g/mol. The minimum atomic E-state index is 0.297. The van der Waals surface area contributed by atoms with E-state index in [2.05, 4.69) is 9.88 Å². The van der Waals surface area contributed by atoms with Crippen molar-refractivity contribution in [1.82, 2.24) is 14.9 Å². The maximum atomic E-state index is 6.13. The molecule has 1 atom stereocenters. The van der Waals surface area contributed by atoms with Crippen LogP contribution in [-0.4, -0.2) is 34.0 Å². The van der Waals surface area contributed by atoms with Crippen molar-refractivity contribution in [2.24, 2.45) is 5.73 Å². The fourth-order valence-corrected chi connectivity index (χ4v) is 2.89. The zero-order valence-electron chi connectivity index (χ0n) is 12.0. The van der Waals surface area contributed by atoms with Crippen LogP contribution in [0, 0.1) is 6.92 Å². The largest absolute Gasteiger partial charge is 0.327 e. The summed E-state index contributed by atoms with van der Waals surface area (Å²) in [6, 6.07) is 8.36. The van der Waals surface area contributed by atoms with Gasteiger partial charge in [-0.15, -0.1) is 0 Å². The molecule has 0 unspecified atom stereocenters. The highest BCUT2D eigenvalue weighted by molar-refractivity contribution is 5.74. The summed E-state index contributed by atoms with van der Waals surface area (Å²) in [5.74, 6) is 0. The third-order valence-electron chi connectivity index (χ3n) is 4.01. The van der Waals surface area contributed by atoms with Crippen molar-refractivity contribution in [1.29, 1.82) is 0 Å². The second-order valence-electron chi connectivity index (χ2n) is 5.74. The molecule has 2 aromatic rings. The van der Waals surface area contributed by atoms with Gasteiger partial charge in [0.25, 0.3) is 0 Å². The number of para-hydroxylation sites is 2. The van der Waals surface area contributed by atoms with Crippen molar-refractivity contribution in [3.8, 4) is 0 Å². The first-order valence-electron chi connectivity index (χ1n) is 7.42. The number of aryl methyl sites for hydroxylation is 1. The van der Waals surface area contributed by atoms with Crippen LogP contribution in [0.5, 0.6) is 0 Å². The standard InChI is InChI=1S/C16H22N4/c1-12-16(11-20-9-5-4-6-13(17)10-20)19-15-8-3-2-7-14(15)18-12/h2-3,7-8,13H,4-6,9-11,17H2,1H3/t13-/m1/s1. The van der Waals surface area contributed by atoms with Crippen molar-refractivity contribution in [3.05, 3.63) is 35.7 Å². The Morgan fingerprint density at radius 1 is 1.20 bits per heavy atom. The molecule has 0 amide bonds. The van der Waals surface area contributed by atoms with Crippen LogP contribution in [0.3, 0.4) is 0 Å². The molecule has 1 aliphatic rings. The molecular weight excluding hydrogens is 248 g/mol. The molecular formula is C16H22N4. The van der Waals surface area contributed by atoms with Gasteiger partial charge in [0, 0.05) is 19.1 Å². The Morgan fingerprint density at radius 3 is 2.75 bits per heavy atom. The van der Waals surface area contributed by atoms with Gasteiger partial charge in [0.1, 0.15) is 0 Å². The SMILES string of the molecule is Cc1nc2ccccc2nc1CN1CCCC[C@@H](N)C1. The van der Waals surface area contributed by atoms with Gasteiger partial charge in [-0.25, -0.2) is 9.97 Å². The maximum Gasteiger partial charge on any atom is 0.0890 e. The van der Waals surface area contributed by atoms with Gasteiger partial charge in [-0.2, -0.15) is 0 Å². The highest BCUT2D eigenvalue weighted by Crippen LogP contribution is 2.16. The summed E-state index contributed by atoms with van der Waals surface area (Å²) in [6.07, 6.45) is 3.60. The normalized spacial score (nSPS) is 21.0. The van der Waals surface area contributed by atoms with E-state index in [9.17, 15) is 0 Å². The summed E-state index contributed by atoms with van der Waals surface area (Å²) in [5.41, 5.74) is 10.2. The fourth-order valence-electron chi connectivity index (χ4n) is 2.89. The van der Waals surface area contributed by atoms with Gasteiger partial charge < -0.3 is 5.73 Å². The number of rotatable bonds is 2. The number of likely N-dealkylation sites (tertiary alicyclic amines) is 1. The zero-order chi connectivity index (χ0) is 13.9. The summed E-state index contributed by atoms with van der Waals surface area (Å²) in [7, 11) is 0. The molecule has 2 heterocycles. The van der Waals surface area contributed by atoms with Gasteiger partial charge in [0.15, 0.2) is 0 Å². The lowest BCUT2D eigenvalue weighted by molar-refractivity contribution is 0.261. The first-order valence-corrected chi connectivity index (χ1v) is 7.42. The molecule has 1 aromatic heterocycles. The molecule has 1 aromatic carbocycles. The minimum Gasteiger partial charge on any atom is -0.327 e. The Balaban J connectivity index is 1.84. The van der Waals surface area contributed by atoms with Crippen LogP contribution >= 0.6 is 0 Å². The Morgan fingerprint density at radius 2 is 1.95 bits per heavy atom. The van der Waals surface area contributed by atoms with E-state index in [0.29, 0.717) is 6.04 Å². The number of nitrogens with zero attached hydrogens (tertiary/aromatic N) is 3. The molecule has 4 nitrogen and oxygen atoms in total. The zero-order valence-corrected chi connectivity index (χ0v) is 12.0. The van der Waals surface area contributed by atoms with Crippen LogP contribution in [-0.2, 0) is 6.54 Å². The van der Waals surface area contributed by atoms with E-state index in [4.69, 9.17) is 10.7 Å². The lowest BCUT2D eigenvalue weighted by Crippen LogP contribution is -2.35. The van der Waals surface area contributed by atoms with Gasteiger partial charge in [-0.3, -0.25) is 4.90 Å². The Hall–Kier alpha value is -1.52. The van der Waals surface area contributed by atoms with E-state index in [1.807, 2.05) is 31.2 Å². The average molecular weight is 270 g/mol. The quantitative estimate of drug-likeness (QED) is 0.909. The Kier molecular flexibility index (Phi) is 3.94. The predicted molar refractivity (Wildman–Crippen MR) is 81.4 cm³/mol. The van der Waals surface area contributed by atoms with Crippen LogP contribution in [0.4, 0.5) is 0 Å². The number of fused-ring (bicyclic) bond motifs is 1. The van der Waals surface area contributed by atoms with E-state index >= 15 is 0 Å². The molecule has 0 saturated carbocycles. The average Bonchev–Trinajstić information content (AvgIpc) is 2.64. The van der Waals surface area contributed by atoms with Crippen molar-refractivity contribution < 1.29 is 0 Å². The van der Waals surface area contributed by atoms with Crippen molar-refractivity contribution >= 4 is 11.0 Å². The van der Waals surface area contributed by atoms with Gasteiger partial charge in [0.05, 0.1) is 22.4 Å². The number of nitrogens with two attached hydrogens (primary N) is 1. The highest BCUT2D eigenvalue weighted by Gasteiger charge is 2.17. The van der Waals surface area contributed by atoms with E-state index in [-0.39, 0.29) is 0 Å². The molecule has 106 valence electrons. The van der Waals surface area contributed by atoms with Gasteiger partial charge >= 0.3 is 0 Å². The fraction of sp³-hybridized carbons (Fsp3) is 0.500. The first kappa shape index (κ1) is 13.5. The lowest BCUT2D eigenvalue weighted by atomic mass is 10.2. The van der Waals surface area contributed by atoms with E-state index < -0.39 is 0 Å². The van der Waals surface area contributed by atoms with Crippen LogP contribution in [0.2, 0.25) is 0 Å². The minimum absolute atomic E-state index is 0.297. The van der Waals surface area contributed by atoms with Crippen LogP contribution in [0.15, 0.2) is 24.3 Å². The van der Waals surface area contributed by atoms with Gasteiger partial charge in [0.2, 0.25) is 0 Å². The molecule has 0 spiro atoms. The van der Waals surface area contributed by atoms with E-state index in [1.54, 1.807) is 0 Å². The molecule has 4 heteroatoms. The predicted octanol–water partition coefficient (Wildman–Crippen LogP) is 2.25. The number of aromatic nitrogens is 2. The van der Waals surface area contributed by atoms with Gasteiger partial charge in [-0.05, 0) is 38.4 Å². The Bertz CT molecular complexity index is 596. The van der Waals surface area contributed by atoms with E-state index in [1.165, 1.54) is 12.8 Å². The molecule has 20 heavy (non-hydrogen) atoms. The van der Waals surface area contributed by atoms with Crippen LogP contribution in [0.25, 0.3) is 11.0 Å². The van der Waals surface area contributed by atoms with Gasteiger partial charge in [-0.1, -0.05) is 18.6 Å². The number of hydrogen-bond acceptors (Lipinski definition) is 4. The second kappa shape index (κ2) is 5.85. The topological polar surface area (TPSA) is 55.0 Å². The number of hydrogen-bond donors (Lipinski definition) is 1. The maximum absolute atomic E-state index is 6.13. The molecule has 0 bridgehead atoms. The highest BCUT2D eigenvalue weighted by atomic mass is 15.1. The summed E-state index contributed by atoms with van der Waals surface area (Å²) in [5, 5.41) is 0. The van der Waals surface area contributed by atoms with Crippen LogP contribution < -0.4 is 5.73 Å². The molecule has 0 aliphatic carbocycles. The molecule has 1 fully saturated rings. The summed E-state index contributed by atoms with van der Waals surface area (Å²) < 4.78 is 0. The molecule has 1 aliphatic heterocycles. The molecule has 1 saturated heterocycles. The molecule has 3 rings (SSSR count). The second-order valence-corrected chi connectivity index (χ2v) is 5.74. The molecule has 2 N–H and O–H groups in total. The van der Waals surface area contributed by atoms with Crippen molar-refractivity contribution in [3.63, 3.8) is 0 Å². The summed E-state index contributed by atoms with van der Waals surface area (Å²) in [6.45, 7) is 4.99. The summed E-state index contributed by atoms with van der Waals surface area (Å²) in [4.78, 5) is 11.9. The molecule has 0 radical (unpaired) electrons. The summed E-state index contributed by atoms with van der Waals surface area (Å²) >= 11 is 0. The third kappa shape index (κ3) is 2.97. The smallest absolute Gasteiger partial charge is 0.0890 e. The van der Waals surface area contributed by atoms with Crippen LogP contribution in [0.1, 0.15) is 30.7 Å². The Labute approximate surface area is 120 Å². The lowest BCUT2D eigenvalue weighted by Gasteiger charge is -2.22. The van der Waals surface area contributed by atoms with Crippen molar-refractivity contribution in [2.75, 3.05) is 13.1 Å². The number of benzene rings is 1. The van der Waals surface area contributed by atoms with Crippen molar-refractivity contribution in [2.45, 2.75) is 38.8 Å². The van der Waals surface area contributed by atoms with E-state index in [0.717, 1.165) is 48.5 Å².